The van der Waals surface area contributed by atoms with E-state index in [1.165, 1.54) is 0 Å². The Kier molecular flexibility index (Phi) is 10.4. The van der Waals surface area contributed by atoms with Crippen LogP contribution in [0.5, 0.6) is 0 Å². The number of aryl methyl sites for hydroxylation is 6. The van der Waals surface area contributed by atoms with E-state index in [4.69, 9.17) is 0 Å². The third-order valence-electron chi connectivity index (χ3n) is 11.1. The lowest BCUT2D eigenvalue weighted by molar-refractivity contribution is 0.314. The van der Waals surface area contributed by atoms with Gasteiger partial charge < -0.3 is 18.3 Å². The molecule has 0 radical (unpaired) electrons. The second-order valence-electron chi connectivity index (χ2n) is 14.7. The predicted octanol–water partition coefficient (Wildman–Crippen LogP) is 7.88. The molecule has 12 heteroatoms. The third kappa shape index (κ3) is 6.92. The highest BCUT2D eigenvalue weighted by Crippen LogP contribution is 2.49. The van der Waals surface area contributed by atoms with Crippen LogP contribution in [0.25, 0.3) is 0 Å². The molecule has 284 valence electrons. The highest BCUT2D eigenvalue weighted by molar-refractivity contribution is 7.89. The first kappa shape index (κ1) is 37.7. The highest BCUT2D eigenvalue weighted by atomic mass is 32.2. The average Bonchev–Trinajstić information content (AvgIpc) is 3.99. The Morgan fingerprint density at radius 2 is 0.648 bits per heavy atom. The summed E-state index contributed by atoms with van der Waals surface area (Å²) in [5.41, 5.74) is 6.22. The molecule has 4 aromatic heterocycles. The number of hydrogen-bond acceptors (Lipinski definition) is 4. The lowest BCUT2D eigenvalue weighted by Gasteiger charge is -2.30. The fourth-order valence-electron chi connectivity index (χ4n) is 8.30. The van der Waals surface area contributed by atoms with Crippen molar-refractivity contribution in [2.45, 2.75) is 73.5 Å². The molecule has 0 bridgehead atoms. The number of sulfonamides is 2. The van der Waals surface area contributed by atoms with E-state index in [-0.39, 0.29) is 24.2 Å². The Hall–Kier alpha value is -4.62. The molecule has 0 aliphatic carbocycles. The Balaban J connectivity index is 0.000000167. The summed E-state index contributed by atoms with van der Waals surface area (Å²) in [6, 6.07) is 29.6. The molecule has 10 nitrogen and oxygen atoms in total. The van der Waals surface area contributed by atoms with Crippen LogP contribution in [-0.4, -0.2) is 43.7 Å². The summed E-state index contributed by atoms with van der Waals surface area (Å²) < 4.78 is 66.3. The molecule has 8 rings (SSSR count). The van der Waals surface area contributed by atoms with E-state index < -0.39 is 20.0 Å². The van der Waals surface area contributed by atoms with E-state index in [9.17, 15) is 16.8 Å². The SMILES string of the molecule is Cc1ccc(S(=O)(=O)N2[C@@H](c3cccn3C)CC[C@H]2c2cccn2C)cc1.Cc1ccc(S(=O)(=O)N2[C@@H](c3cccn3C)CC[C@H]2c2cccn2C)cc1. The maximum Gasteiger partial charge on any atom is 0.244 e. The van der Waals surface area contributed by atoms with Crippen molar-refractivity contribution in [1.82, 2.24) is 26.9 Å². The first-order valence-electron chi connectivity index (χ1n) is 18.4. The standard InChI is InChI=1S/2C21H25N3O2S/c2*1-16-8-10-17(11-9-16)27(25,26)24-20(18-6-4-14-22(18)2)12-13-21(24)19-7-5-15-23(19)3/h2*4-11,14-15,20-21H,12-13H2,1-3H3/t2*20-,21+. The average molecular weight is 767 g/mol. The van der Waals surface area contributed by atoms with E-state index in [0.717, 1.165) is 59.6 Å². The fourth-order valence-corrected chi connectivity index (χ4v) is 11.9. The Labute approximate surface area is 320 Å². The molecule has 0 amide bonds. The quantitative estimate of drug-likeness (QED) is 0.158. The summed E-state index contributed by atoms with van der Waals surface area (Å²) in [6.07, 6.45) is 11.1. The third-order valence-corrected chi connectivity index (χ3v) is 15.0. The fraction of sp³-hybridized carbons (Fsp3) is 0.333. The maximum atomic E-state index is 13.7. The van der Waals surface area contributed by atoms with Gasteiger partial charge >= 0.3 is 0 Å². The summed E-state index contributed by atoms with van der Waals surface area (Å²) in [6.45, 7) is 3.93. The second kappa shape index (κ2) is 14.9. The number of nitrogens with zero attached hydrogens (tertiary/aromatic N) is 6. The molecule has 4 atom stereocenters. The largest absolute Gasteiger partial charge is 0.353 e. The number of benzene rings is 2. The van der Waals surface area contributed by atoms with Gasteiger partial charge in [-0.15, -0.1) is 0 Å². The van der Waals surface area contributed by atoms with Crippen LogP contribution in [0.4, 0.5) is 0 Å². The number of rotatable bonds is 8. The summed E-state index contributed by atoms with van der Waals surface area (Å²) in [4.78, 5) is 0.710. The van der Waals surface area contributed by atoms with Crippen LogP contribution in [0, 0.1) is 13.8 Å². The molecule has 6 aromatic rings. The maximum absolute atomic E-state index is 13.7. The molecule has 0 saturated carbocycles. The van der Waals surface area contributed by atoms with Crippen molar-refractivity contribution in [3.05, 3.63) is 156 Å². The van der Waals surface area contributed by atoms with Crippen LogP contribution in [0.15, 0.2) is 132 Å². The summed E-state index contributed by atoms with van der Waals surface area (Å²) in [7, 11) is 0.631. The van der Waals surface area contributed by atoms with Crippen molar-refractivity contribution in [1.29, 1.82) is 0 Å². The van der Waals surface area contributed by atoms with Crippen molar-refractivity contribution < 1.29 is 16.8 Å². The molecule has 0 spiro atoms. The van der Waals surface area contributed by atoms with Gasteiger partial charge in [-0.05, 0) is 112 Å². The zero-order valence-electron chi connectivity index (χ0n) is 31.8. The van der Waals surface area contributed by atoms with Crippen LogP contribution in [-0.2, 0) is 48.2 Å². The van der Waals surface area contributed by atoms with Crippen molar-refractivity contribution >= 4 is 20.0 Å². The molecular formula is C42H50N6O4S2. The van der Waals surface area contributed by atoms with Crippen LogP contribution in [0.2, 0.25) is 0 Å². The van der Waals surface area contributed by atoms with Crippen molar-refractivity contribution in [3.8, 4) is 0 Å². The normalized spacial score (nSPS) is 21.0. The first-order chi connectivity index (χ1) is 25.8. The van der Waals surface area contributed by atoms with Gasteiger partial charge in [-0.3, -0.25) is 0 Å². The monoisotopic (exact) mass is 766 g/mol. The van der Waals surface area contributed by atoms with E-state index in [1.807, 2.05) is 158 Å². The van der Waals surface area contributed by atoms with Crippen molar-refractivity contribution in [2.24, 2.45) is 28.2 Å². The number of hydrogen-bond donors (Lipinski definition) is 0. The number of aromatic nitrogens is 4. The minimum Gasteiger partial charge on any atom is -0.353 e. The molecule has 54 heavy (non-hydrogen) atoms. The van der Waals surface area contributed by atoms with Crippen LogP contribution in [0.1, 0.15) is 83.8 Å². The van der Waals surface area contributed by atoms with Gasteiger partial charge in [0.05, 0.1) is 34.0 Å². The van der Waals surface area contributed by atoms with Gasteiger partial charge in [0.2, 0.25) is 20.0 Å². The van der Waals surface area contributed by atoms with Gasteiger partial charge in [0, 0.05) is 75.8 Å². The van der Waals surface area contributed by atoms with Crippen molar-refractivity contribution in [2.75, 3.05) is 0 Å². The van der Waals surface area contributed by atoms with Crippen LogP contribution in [0.3, 0.4) is 0 Å². The first-order valence-corrected chi connectivity index (χ1v) is 21.3. The van der Waals surface area contributed by atoms with Gasteiger partial charge in [-0.2, -0.15) is 8.61 Å². The molecule has 2 saturated heterocycles. The molecule has 2 aliphatic heterocycles. The summed E-state index contributed by atoms with van der Waals surface area (Å²) in [5.74, 6) is 0. The predicted molar refractivity (Wildman–Crippen MR) is 211 cm³/mol. The topological polar surface area (TPSA) is 94.5 Å². The Bertz CT molecular complexity index is 2170. The van der Waals surface area contributed by atoms with Gasteiger partial charge in [0.1, 0.15) is 0 Å². The van der Waals surface area contributed by atoms with Gasteiger partial charge in [0.25, 0.3) is 0 Å². The Morgan fingerprint density at radius 3 is 0.852 bits per heavy atom. The smallest absolute Gasteiger partial charge is 0.244 e. The summed E-state index contributed by atoms with van der Waals surface area (Å²) in [5, 5.41) is 0. The molecule has 2 fully saturated rings. The summed E-state index contributed by atoms with van der Waals surface area (Å²) >= 11 is 0. The molecule has 2 aliphatic rings. The molecular weight excluding hydrogens is 717 g/mol. The molecule has 6 heterocycles. The minimum absolute atomic E-state index is 0.170. The van der Waals surface area contributed by atoms with E-state index in [0.29, 0.717) is 9.79 Å². The zero-order valence-corrected chi connectivity index (χ0v) is 33.5. The van der Waals surface area contributed by atoms with Crippen molar-refractivity contribution in [3.63, 3.8) is 0 Å². The molecule has 2 aromatic carbocycles. The molecule has 0 N–H and O–H groups in total. The zero-order chi connectivity index (χ0) is 38.4. The van der Waals surface area contributed by atoms with Gasteiger partial charge in [-0.25, -0.2) is 16.8 Å². The lowest BCUT2D eigenvalue weighted by atomic mass is 10.1. The highest BCUT2D eigenvalue weighted by Gasteiger charge is 2.46. The second-order valence-corrected chi connectivity index (χ2v) is 18.4. The lowest BCUT2D eigenvalue weighted by Crippen LogP contribution is -2.34. The molecule has 0 unspecified atom stereocenters. The van der Waals surface area contributed by atoms with E-state index >= 15 is 0 Å². The van der Waals surface area contributed by atoms with Crippen LogP contribution < -0.4 is 0 Å². The van der Waals surface area contributed by atoms with Gasteiger partial charge in [-0.1, -0.05) is 35.4 Å². The van der Waals surface area contributed by atoms with Gasteiger partial charge in [0.15, 0.2) is 0 Å². The Morgan fingerprint density at radius 1 is 0.407 bits per heavy atom. The van der Waals surface area contributed by atoms with E-state index in [2.05, 4.69) is 0 Å². The minimum atomic E-state index is -3.63. The van der Waals surface area contributed by atoms with E-state index in [1.54, 1.807) is 32.9 Å². The van der Waals surface area contributed by atoms with Crippen LogP contribution >= 0.6 is 0 Å².